The van der Waals surface area contributed by atoms with E-state index < -0.39 is 4.92 Å². The number of nitrogens with one attached hydrogen (secondary N) is 1. The Hall–Kier alpha value is -3.97. The van der Waals surface area contributed by atoms with Crippen LogP contribution in [0.4, 0.5) is 23.0 Å². The highest BCUT2D eigenvalue weighted by atomic mass is 35.5. The Balaban J connectivity index is 1.76. The van der Waals surface area contributed by atoms with Gasteiger partial charge >= 0.3 is 5.69 Å². The van der Waals surface area contributed by atoms with Crippen molar-refractivity contribution in [2.75, 3.05) is 10.2 Å². The zero-order valence-corrected chi connectivity index (χ0v) is 17.8. The summed E-state index contributed by atoms with van der Waals surface area (Å²) in [6, 6.07) is 26.5. The van der Waals surface area contributed by atoms with Crippen molar-refractivity contribution in [3.63, 3.8) is 0 Å². The number of hydrogen-bond acceptors (Lipinski definition) is 6. The molecule has 0 bridgehead atoms. The van der Waals surface area contributed by atoms with Gasteiger partial charge in [0, 0.05) is 23.8 Å². The maximum Gasteiger partial charge on any atom is 0.353 e. The van der Waals surface area contributed by atoms with Gasteiger partial charge in [0.05, 0.1) is 4.92 Å². The lowest BCUT2D eigenvalue weighted by Gasteiger charge is -2.24. The van der Waals surface area contributed by atoms with Crippen LogP contribution in [-0.2, 0) is 13.1 Å². The molecule has 0 atom stereocenters. The van der Waals surface area contributed by atoms with E-state index in [4.69, 9.17) is 11.6 Å². The first-order valence-electron chi connectivity index (χ1n) is 9.95. The first-order chi connectivity index (χ1) is 15.6. The minimum atomic E-state index is -0.453. The molecule has 32 heavy (non-hydrogen) atoms. The van der Waals surface area contributed by atoms with Crippen LogP contribution < -0.4 is 10.2 Å². The van der Waals surface area contributed by atoms with Gasteiger partial charge in [0.1, 0.15) is 6.33 Å². The van der Waals surface area contributed by atoms with Crippen LogP contribution in [0.2, 0.25) is 5.02 Å². The summed E-state index contributed by atoms with van der Waals surface area (Å²) in [5.41, 5.74) is 2.43. The molecule has 160 valence electrons. The molecule has 4 rings (SSSR count). The molecule has 0 radical (unpaired) electrons. The highest BCUT2D eigenvalue weighted by Gasteiger charge is 2.27. The van der Waals surface area contributed by atoms with Crippen molar-refractivity contribution in [3.8, 4) is 0 Å². The summed E-state index contributed by atoms with van der Waals surface area (Å²) >= 11 is 6.06. The molecule has 0 saturated carbocycles. The van der Waals surface area contributed by atoms with Crippen molar-refractivity contribution >= 4 is 34.6 Å². The minimum absolute atomic E-state index is 0.105. The largest absolute Gasteiger partial charge is 0.353 e. The van der Waals surface area contributed by atoms with Gasteiger partial charge in [-0.2, -0.15) is 0 Å². The van der Waals surface area contributed by atoms with Gasteiger partial charge in [-0.3, -0.25) is 10.1 Å². The fourth-order valence-electron chi connectivity index (χ4n) is 3.38. The molecule has 0 unspecified atom stereocenters. The Labute approximate surface area is 190 Å². The van der Waals surface area contributed by atoms with E-state index in [9.17, 15) is 10.1 Å². The molecule has 7 nitrogen and oxygen atoms in total. The third kappa shape index (κ3) is 5.19. The number of nitrogens with zero attached hydrogens (tertiary/aromatic N) is 4. The van der Waals surface area contributed by atoms with Crippen LogP contribution in [0.1, 0.15) is 11.1 Å². The first-order valence-corrected chi connectivity index (χ1v) is 10.3. The molecule has 0 aliphatic heterocycles. The van der Waals surface area contributed by atoms with Gasteiger partial charge < -0.3 is 10.2 Å². The van der Waals surface area contributed by atoms with E-state index in [0.29, 0.717) is 23.8 Å². The summed E-state index contributed by atoms with van der Waals surface area (Å²) in [7, 11) is 0. The Morgan fingerprint density at radius 1 is 0.875 bits per heavy atom. The van der Waals surface area contributed by atoms with E-state index in [-0.39, 0.29) is 17.3 Å². The summed E-state index contributed by atoms with van der Waals surface area (Å²) in [4.78, 5) is 22.0. The van der Waals surface area contributed by atoms with Gasteiger partial charge in [0.15, 0.2) is 0 Å². The fraction of sp³-hybridized carbons (Fsp3) is 0.0833. The quantitative estimate of drug-likeness (QED) is 0.265. The number of rotatable bonds is 8. The molecule has 0 saturated heterocycles. The number of anilines is 3. The molecule has 8 heteroatoms. The Kier molecular flexibility index (Phi) is 6.57. The molecule has 4 aromatic rings. The lowest BCUT2D eigenvalue weighted by Crippen LogP contribution is -2.24. The molecule has 1 N–H and O–H groups in total. The van der Waals surface area contributed by atoms with Crippen LogP contribution >= 0.6 is 11.6 Å². The molecule has 1 aromatic heterocycles. The van der Waals surface area contributed by atoms with Gasteiger partial charge in [-0.25, -0.2) is 9.97 Å². The van der Waals surface area contributed by atoms with Gasteiger partial charge in [-0.05, 0) is 29.3 Å². The van der Waals surface area contributed by atoms with Gasteiger partial charge in [0.25, 0.3) is 0 Å². The highest BCUT2D eigenvalue weighted by Crippen LogP contribution is 2.35. The number of hydrogen-bond donors (Lipinski definition) is 1. The molecule has 0 amide bonds. The zero-order valence-electron chi connectivity index (χ0n) is 17.1. The standard InChI is InChI=1S/C24H20ClN5O2/c25-20-12-7-13-21(14-20)28-23-22(30(31)32)24(27-17-26-23)29(15-18-8-3-1-4-9-18)16-19-10-5-2-6-11-19/h1-14,17H,15-16H2,(H,26,27,28). The molecule has 0 spiro atoms. The zero-order chi connectivity index (χ0) is 22.3. The second-order valence-corrected chi connectivity index (χ2v) is 7.55. The van der Waals surface area contributed by atoms with Crippen molar-refractivity contribution < 1.29 is 4.92 Å². The van der Waals surface area contributed by atoms with Crippen LogP contribution in [-0.4, -0.2) is 14.9 Å². The SMILES string of the molecule is O=[N+]([O-])c1c(Nc2cccc(Cl)c2)ncnc1N(Cc1ccccc1)Cc1ccccc1. The van der Waals surface area contributed by atoms with Gasteiger partial charge in [0.2, 0.25) is 11.6 Å². The van der Waals surface area contributed by atoms with E-state index in [1.165, 1.54) is 6.33 Å². The van der Waals surface area contributed by atoms with Crippen LogP contribution in [0.5, 0.6) is 0 Å². The van der Waals surface area contributed by atoms with Crippen molar-refractivity contribution in [2.24, 2.45) is 0 Å². The predicted molar refractivity (Wildman–Crippen MR) is 126 cm³/mol. The third-order valence-electron chi connectivity index (χ3n) is 4.80. The lowest BCUT2D eigenvalue weighted by molar-refractivity contribution is -0.383. The number of aromatic nitrogens is 2. The average Bonchev–Trinajstić information content (AvgIpc) is 2.80. The highest BCUT2D eigenvalue weighted by molar-refractivity contribution is 6.30. The molecule has 0 aliphatic rings. The maximum absolute atomic E-state index is 12.1. The molecule has 0 aliphatic carbocycles. The Morgan fingerprint density at radius 2 is 1.50 bits per heavy atom. The predicted octanol–water partition coefficient (Wildman–Crippen LogP) is 5.99. The average molecular weight is 446 g/mol. The van der Waals surface area contributed by atoms with Crippen molar-refractivity contribution in [1.82, 2.24) is 9.97 Å². The minimum Gasteiger partial charge on any atom is -0.342 e. The van der Waals surface area contributed by atoms with E-state index in [0.717, 1.165) is 11.1 Å². The summed E-state index contributed by atoms with van der Waals surface area (Å²) < 4.78 is 0. The summed E-state index contributed by atoms with van der Waals surface area (Å²) in [5, 5.41) is 15.7. The van der Waals surface area contributed by atoms with Crippen molar-refractivity contribution in [2.45, 2.75) is 13.1 Å². The fourth-order valence-corrected chi connectivity index (χ4v) is 3.57. The van der Waals surface area contributed by atoms with Crippen molar-refractivity contribution in [1.29, 1.82) is 0 Å². The second kappa shape index (κ2) is 9.89. The Morgan fingerprint density at radius 3 is 2.06 bits per heavy atom. The van der Waals surface area contributed by atoms with E-state index in [1.807, 2.05) is 65.6 Å². The van der Waals surface area contributed by atoms with Crippen molar-refractivity contribution in [3.05, 3.63) is 118 Å². The topological polar surface area (TPSA) is 84.2 Å². The van der Waals surface area contributed by atoms with Crippen LogP contribution in [0.25, 0.3) is 0 Å². The van der Waals surface area contributed by atoms with E-state index in [2.05, 4.69) is 15.3 Å². The normalized spacial score (nSPS) is 10.5. The third-order valence-corrected chi connectivity index (χ3v) is 5.04. The summed E-state index contributed by atoms with van der Waals surface area (Å²) in [5.74, 6) is 0.343. The second-order valence-electron chi connectivity index (χ2n) is 7.11. The molecule has 0 fully saturated rings. The van der Waals surface area contributed by atoms with Gasteiger partial charge in [-0.15, -0.1) is 0 Å². The monoisotopic (exact) mass is 445 g/mol. The van der Waals surface area contributed by atoms with Gasteiger partial charge in [-0.1, -0.05) is 78.3 Å². The summed E-state index contributed by atoms with van der Waals surface area (Å²) in [6.45, 7) is 0.897. The number of halogens is 1. The van der Waals surface area contributed by atoms with E-state index in [1.54, 1.807) is 24.3 Å². The Bertz CT molecular complexity index is 1160. The van der Waals surface area contributed by atoms with Crippen LogP contribution in [0, 0.1) is 10.1 Å². The smallest absolute Gasteiger partial charge is 0.342 e. The lowest BCUT2D eigenvalue weighted by atomic mass is 10.1. The van der Waals surface area contributed by atoms with Crippen LogP contribution in [0.3, 0.4) is 0 Å². The first kappa shape index (κ1) is 21.3. The molecule has 3 aromatic carbocycles. The van der Waals surface area contributed by atoms with E-state index >= 15 is 0 Å². The number of benzene rings is 3. The molecular formula is C24H20ClN5O2. The maximum atomic E-state index is 12.1. The summed E-state index contributed by atoms with van der Waals surface area (Å²) in [6.07, 6.45) is 1.33. The molecular weight excluding hydrogens is 426 g/mol. The number of nitro groups is 1. The molecule has 1 heterocycles. The van der Waals surface area contributed by atoms with Crippen LogP contribution in [0.15, 0.2) is 91.3 Å².